The molecule has 1 N–H and O–H groups in total. The second kappa shape index (κ2) is 4.68. The number of halogens is 2. The van der Waals surface area contributed by atoms with Crippen LogP contribution >= 0.6 is 23.2 Å². The Morgan fingerprint density at radius 2 is 1.94 bits per heavy atom. The summed E-state index contributed by atoms with van der Waals surface area (Å²) in [7, 11) is 0. The van der Waals surface area contributed by atoms with Crippen molar-refractivity contribution in [3.63, 3.8) is 0 Å². The summed E-state index contributed by atoms with van der Waals surface area (Å²) >= 11 is 11.6. The number of ether oxygens (including phenoxy) is 1. The average molecular weight is 283 g/mol. The van der Waals surface area contributed by atoms with Gasteiger partial charge in [-0.15, -0.1) is 10.2 Å². The minimum Gasteiger partial charge on any atom is -0.372 e. The number of benzene rings is 1. The minimum absolute atomic E-state index is 0.0476. The monoisotopic (exact) mass is 282 g/mol. The zero-order valence-corrected chi connectivity index (χ0v) is 10.7. The molecule has 2 heterocycles. The van der Waals surface area contributed by atoms with Crippen molar-refractivity contribution in [2.24, 2.45) is 0 Å². The predicted molar refractivity (Wildman–Crippen MR) is 68.1 cm³/mol. The molecule has 0 saturated carbocycles. The van der Waals surface area contributed by atoms with E-state index in [2.05, 4.69) is 20.5 Å². The van der Waals surface area contributed by atoms with Gasteiger partial charge in [-0.25, -0.2) is 0 Å². The number of anilines is 2. The first-order valence-electron chi connectivity index (χ1n) is 5.24. The van der Waals surface area contributed by atoms with Crippen LogP contribution in [0.5, 0.6) is 0 Å². The van der Waals surface area contributed by atoms with Crippen LogP contribution in [0, 0.1) is 0 Å². The van der Waals surface area contributed by atoms with Gasteiger partial charge in [0.2, 0.25) is 5.28 Å². The van der Waals surface area contributed by atoms with E-state index in [0.29, 0.717) is 19.0 Å². The lowest BCUT2D eigenvalue weighted by Crippen LogP contribution is -1.99. The van der Waals surface area contributed by atoms with Crippen LogP contribution in [0.4, 0.5) is 11.5 Å². The molecule has 0 fully saturated rings. The number of hydrogen-bond acceptors (Lipinski definition) is 5. The Balaban J connectivity index is 1.90. The van der Waals surface area contributed by atoms with Crippen LogP contribution in [0.1, 0.15) is 11.1 Å². The van der Waals surface area contributed by atoms with E-state index in [9.17, 15) is 0 Å². The van der Waals surface area contributed by atoms with Crippen molar-refractivity contribution < 1.29 is 4.74 Å². The van der Waals surface area contributed by atoms with Crippen molar-refractivity contribution in [3.05, 3.63) is 39.8 Å². The Morgan fingerprint density at radius 1 is 1.11 bits per heavy atom. The van der Waals surface area contributed by atoms with Crippen LogP contribution in [0.3, 0.4) is 0 Å². The molecule has 5 nitrogen and oxygen atoms in total. The maximum absolute atomic E-state index is 5.88. The smallest absolute Gasteiger partial charge is 0.245 e. The summed E-state index contributed by atoms with van der Waals surface area (Å²) in [5.41, 5.74) is 3.22. The normalized spacial score (nSPS) is 13.4. The average Bonchev–Trinajstić information content (AvgIpc) is 2.81. The minimum atomic E-state index is 0.0476. The third kappa shape index (κ3) is 2.25. The van der Waals surface area contributed by atoms with E-state index < -0.39 is 0 Å². The van der Waals surface area contributed by atoms with Gasteiger partial charge in [0, 0.05) is 5.69 Å². The topological polar surface area (TPSA) is 59.9 Å². The lowest BCUT2D eigenvalue weighted by Gasteiger charge is -2.07. The molecule has 0 amide bonds. The van der Waals surface area contributed by atoms with Gasteiger partial charge < -0.3 is 10.1 Å². The van der Waals surface area contributed by atoms with Crippen LogP contribution in [-0.4, -0.2) is 15.2 Å². The van der Waals surface area contributed by atoms with Crippen LogP contribution in [0.2, 0.25) is 10.4 Å². The van der Waals surface area contributed by atoms with E-state index in [1.165, 1.54) is 5.56 Å². The zero-order chi connectivity index (χ0) is 12.5. The first-order valence-corrected chi connectivity index (χ1v) is 6.00. The molecule has 7 heteroatoms. The highest BCUT2D eigenvalue weighted by Crippen LogP contribution is 2.26. The first kappa shape index (κ1) is 11.6. The Bertz CT molecular complexity index is 606. The van der Waals surface area contributed by atoms with Gasteiger partial charge in [0.25, 0.3) is 0 Å². The molecule has 18 heavy (non-hydrogen) atoms. The molecule has 1 aliphatic heterocycles. The van der Waals surface area contributed by atoms with Gasteiger partial charge in [-0.05, 0) is 34.9 Å². The van der Waals surface area contributed by atoms with Crippen LogP contribution in [-0.2, 0) is 18.0 Å². The van der Waals surface area contributed by atoms with Gasteiger partial charge in [-0.3, -0.25) is 0 Å². The van der Waals surface area contributed by atoms with E-state index in [4.69, 9.17) is 27.9 Å². The number of rotatable bonds is 2. The summed E-state index contributed by atoms with van der Waals surface area (Å²) in [4.78, 5) is 3.98. The maximum atomic E-state index is 5.88. The number of nitrogens with one attached hydrogen (secondary N) is 1. The standard InChI is InChI=1S/C11H8Cl2N4O/c12-9-10(15-11(13)17-16-9)14-8-2-1-6-4-18-5-7(6)3-8/h1-3H,4-5H2,(H,14,15,17). The fourth-order valence-electron chi connectivity index (χ4n) is 1.76. The highest BCUT2D eigenvalue weighted by Gasteiger charge is 2.12. The van der Waals surface area contributed by atoms with Crippen LogP contribution in [0.15, 0.2) is 18.2 Å². The van der Waals surface area contributed by atoms with E-state index in [-0.39, 0.29) is 10.4 Å². The summed E-state index contributed by atoms with van der Waals surface area (Å²) in [6.45, 7) is 1.29. The SMILES string of the molecule is Clc1nnc(Cl)c(Nc2ccc3c(c2)COC3)n1. The Kier molecular flexibility index (Phi) is 3.03. The second-order valence-corrected chi connectivity index (χ2v) is 4.52. The number of hydrogen-bond donors (Lipinski definition) is 1. The van der Waals surface area contributed by atoms with Crippen molar-refractivity contribution in [2.45, 2.75) is 13.2 Å². The molecule has 0 unspecified atom stereocenters. The zero-order valence-electron chi connectivity index (χ0n) is 9.15. The Hall–Kier alpha value is -1.43. The molecule has 0 atom stereocenters. The van der Waals surface area contributed by atoms with Gasteiger partial charge in [-0.2, -0.15) is 4.98 Å². The van der Waals surface area contributed by atoms with Gasteiger partial charge in [-0.1, -0.05) is 17.7 Å². The molecule has 0 bridgehead atoms. The third-order valence-electron chi connectivity index (χ3n) is 2.60. The molecule has 0 radical (unpaired) electrons. The fraction of sp³-hybridized carbons (Fsp3) is 0.182. The number of nitrogens with zero attached hydrogens (tertiary/aromatic N) is 3. The van der Waals surface area contributed by atoms with Crippen LogP contribution < -0.4 is 5.32 Å². The maximum Gasteiger partial charge on any atom is 0.245 e. The van der Waals surface area contributed by atoms with Gasteiger partial charge in [0.05, 0.1) is 13.2 Å². The van der Waals surface area contributed by atoms with Gasteiger partial charge in [0.15, 0.2) is 11.0 Å². The Morgan fingerprint density at radius 3 is 2.83 bits per heavy atom. The molecular formula is C11H8Cl2N4O. The van der Waals surface area contributed by atoms with Gasteiger partial charge >= 0.3 is 0 Å². The molecule has 92 valence electrons. The molecule has 0 spiro atoms. The summed E-state index contributed by atoms with van der Waals surface area (Å²) in [5, 5.41) is 10.5. The summed E-state index contributed by atoms with van der Waals surface area (Å²) in [6, 6.07) is 5.93. The summed E-state index contributed by atoms with van der Waals surface area (Å²) in [5.74, 6) is 0.385. The van der Waals surface area contributed by atoms with Crippen molar-refractivity contribution in [2.75, 3.05) is 5.32 Å². The third-order valence-corrected chi connectivity index (χ3v) is 3.02. The van der Waals surface area contributed by atoms with Crippen molar-refractivity contribution in [1.29, 1.82) is 0 Å². The van der Waals surface area contributed by atoms with E-state index in [1.54, 1.807) is 0 Å². The van der Waals surface area contributed by atoms with E-state index in [1.807, 2.05) is 18.2 Å². The first-order chi connectivity index (χ1) is 8.72. The quantitative estimate of drug-likeness (QED) is 0.918. The molecule has 1 aromatic carbocycles. The van der Waals surface area contributed by atoms with Gasteiger partial charge in [0.1, 0.15) is 0 Å². The van der Waals surface area contributed by atoms with E-state index in [0.717, 1.165) is 11.3 Å². The number of fused-ring (bicyclic) bond motifs is 1. The lowest BCUT2D eigenvalue weighted by molar-refractivity contribution is 0.134. The molecule has 0 aliphatic carbocycles. The largest absolute Gasteiger partial charge is 0.372 e. The molecule has 3 rings (SSSR count). The predicted octanol–water partition coefficient (Wildman–Crippen LogP) is 2.95. The van der Waals surface area contributed by atoms with Crippen molar-refractivity contribution in [3.8, 4) is 0 Å². The highest BCUT2D eigenvalue weighted by atomic mass is 35.5. The second-order valence-electron chi connectivity index (χ2n) is 3.82. The molecular weight excluding hydrogens is 275 g/mol. The Labute approximate surface area is 113 Å². The summed E-state index contributed by atoms with van der Waals surface area (Å²) < 4.78 is 5.35. The molecule has 1 aliphatic rings. The number of aromatic nitrogens is 3. The highest BCUT2D eigenvalue weighted by molar-refractivity contribution is 6.32. The van der Waals surface area contributed by atoms with E-state index >= 15 is 0 Å². The molecule has 1 aromatic heterocycles. The summed E-state index contributed by atoms with van der Waals surface area (Å²) in [6.07, 6.45) is 0. The molecule has 2 aromatic rings. The van der Waals surface area contributed by atoms with Crippen LogP contribution in [0.25, 0.3) is 0 Å². The lowest BCUT2D eigenvalue weighted by atomic mass is 10.1. The van der Waals surface area contributed by atoms with Crippen molar-refractivity contribution in [1.82, 2.24) is 15.2 Å². The molecule has 0 saturated heterocycles. The fourth-order valence-corrected chi connectivity index (χ4v) is 2.01. The van der Waals surface area contributed by atoms with Crippen molar-refractivity contribution >= 4 is 34.7 Å².